The minimum atomic E-state index is -0.942. The van der Waals surface area contributed by atoms with Gasteiger partial charge in [0, 0.05) is 32.1 Å². The number of nitrogens with zero attached hydrogens (tertiary/aromatic N) is 2. The molecule has 2 aliphatic heterocycles. The Kier molecular flexibility index (Phi) is 4.09. The minimum absolute atomic E-state index is 0.00402. The van der Waals surface area contributed by atoms with E-state index < -0.39 is 23.9 Å². The second-order valence-corrected chi connectivity index (χ2v) is 6.17. The largest absolute Gasteiger partial charge is 0.492 e. The number of hydrogen-bond donors (Lipinski definition) is 3. The van der Waals surface area contributed by atoms with E-state index in [4.69, 9.17) is 9.47 Å². The lowest BCUT2D eigenvalue weighted by molar-refractivity contribution is -0.127. The zero-order valence-corrected chi connectivity index (χ0v) is 14.8. The van der Waals surface area contributed by atoms with Crippen LogP contribution in [0.3, 0.4) is 0 Å². The number of rotatable bonds is 3. The number of carbonyl (C=O) groups is 2. The summed E-state index contributed by atoms with van der Waals surface area (Å²) in [5, 5.41) is 12.4. The molecule has 0 aliphatic carbocycles. The summed E-state index contributed by atoms with van der Waals surface area (Å²) in [4.78, 5) is 25.1. The number of hydrogen-bond acceptors (Lipinski definition) is 6. The molecule has 0 spiro atoms. The molecule has 0 unspecified atom stereocenters. The van der Waals surface area contributed by atoms with Crippen molar-refractivity contribution in [1.82, 2.24) is 15.5 Å². The predicted octanol–water partition coefficient (Wildman–Crippen LogP) is 1.26. The van der Waals surface area contributed by atoms with Crippen LogP contribution in [-0.4, -0.2) is 55.5 Å². The highest BCUT2D eigenvalue weighted by atomic mass is 19.1. The number of amides is 2. The molecule has 1 aromatic heterocycles. The van der Waals surface area contributed by atoms with Crippen LogP contribution < -0.4 is 20.3 Å². The van der Waals surface area contributed by atoms with E-state index in [1.54, 1.807) is 13.1 Å². The van der Waals surface area contributed by atoms with Gasteiger partial charge in [0.2, 0.25) is 0 Å². The summed E-state index contributed by atoms with van der Waals surface area (Å²) in [6.07, 6.45) is -1.10. The fraction of sp³-hybridized carbons (Fsp3) is 0.353. The molecule has 2 aromatic rings. The van der Waals surface area contributed by atoms with Gasteiger partial charge in [-0.05, 0) is 6.07 Å². The fourth-order valence-corrected chi connectivity index (χ4v) is 3.34. The molecule has 27 heavy (non-hydrogen) atoms. The summed E-state index contributed by atoms with van der Waals surface area (Å²) in [5.74, 6) is -0.0418. The maximum atomic E-state index is 15.0. The van der Waals surface area contributed by atoms with Crippen LogP contribution in [0.4, 0.5) is 20.7 Å². The van der Waals surface area contributed by atoms with E-state index in [0.29, 0.717) is 30.3 Å². The molecule has 0 saturated carbocycles. The van der Waals surface area contributed by atoms with Gasteiger partial charge in [-0.2, -0.15) is 5.10 Å². The fourth-order valence-electron chi connectivity index (χ4n) is 3.34. The summed E-state index contributed by atoms with van der Waals surface area (Å²) in [6.45, 7) is 0.332. The summed E-state index contributed by atoms with van der Waals surface area (Å²) >= 11 is 0. The minimum Gasteiger partial charge on any atom is -0.492 e. The smallest absolute Gasteiger partial charge is 0.415 e. The molecular formula is C17H18FN5O4. The highest BCUT2D eigenvalue weighted by Crippen LogP contribution is 2.41. The number of fused-ring (bicyclic) bond motifs is 3. The number of cyclic esters (lactones) is 1. The van der Waals surface area contributed by atoms with Crippen molar-refractivity contribution < 1.29 is 23.5 Å². The number of benzene rings is 1. The highest BCUT2D eigenvalue weighted by molar-refractivity contribution is 5.96. The van der Waals surface area contributed by atoms with Gasteiger partial charge in [-0.3, -0.25) is 14.8 Å². The lowest BCUT2D eigenvalue weighted by Gasteiger charge is -2.16. The highest BCUT2D eigenvalue weighted by Gasteiger charge is 2.37. The van der Waals surface area contributed by atoms with Crippen molar-refractivity contribution in [3.63, 3.8) is 0 Å². The molecule has 1 saturated heterocycles. The van der Waals surface area contributed by atoms with Crippen LogP contribution in [0.5, 0.6) is 5.75 Å². The zero-order chi connectivity index (χ0) is 19.1. The average Bonchev–Trinajstić information content (AvgIpc) is 3.19. The van der Waals surface area contributed by atoms with Gasteiger partial charge >= 0.3 is 6.09 Å². The summed E-state index contributed by atoms with van der Waals surface area (Å²) in [7, 11) is 3.19. The molecule has 1 aromatic carbocycles. The maximum absolute atomic E-state index is 15.0. The number of halogens is 1. The molecular weight excluding hydrogens is 357 g/mol. The zero-order valence-electron chi connectivity index (χ0n) is 14.8. The number of likely N-dealkylation sites (N-methyl/N-ethyl adjacent to an activating group) is 1. The SMILES string of the molecule is CNC(=O)[C@H]1CN(c2cc(F)c3c(c2)OCCc2c(NC)n[nH]c2-3)C(=O)O1. The molecule has 2 amide bonds. The Bertz CT molecular complexity index is 928. The number of ether oxygens (including phenoxy) is 2. The van der Waals surface area contributed by atoms with Crippen LogP contribution in [0.2, 0.25) is 0 Å². The van der Waals surface area contributed by atoms with Crippen molar-refractivity contribution in [2.45, 2.75) is 12.5 Å². The Morgan fingerprint density at radius 1 is 1.41 bits per heavy atom. The number of anilines is 2. The van der Waals surface area contributed by atoms with E-state index in [1.807, 2.05) is 0 Å². The van der Waals surface area contributed by atoms with E-state index in [1.165, 1.54) is 18.0 Å². The summed E-state index contributed by atoms with van der Waals surface area (Å²) in [5.41, 5.74) is 1.90. The molecule has 10 heteroatoms. The number of H-pyrrole nitrogens is 1. The van der Waals surface area contributed by atoms with Crippen molar-refractivity contribution in [3.8, 4) is 17.0 Å². The second kappa shape index (κ2) is 6.45. The topological polar surface area (TPSA) is 109 Å². The molecule has 3 heterocycles. The number of carbonyl (C=O) groups excluding carboxylic acids is 2. The standard InChI is InChI=1S/C17H18FN5O4/c1-19-15-9-3-4-26-11-6-8(5-10(18)13(11)14(9)21-22-15)23-7-12(16(24)20-2)27-17(23)25/h5-6,12H,3-4,7H2,1-2H3,(H,20,24)(H2,19,21,22)/t12-/m1/s1. The molecule has 142 valence electrons. The van der Waals surface area contributed by atoms with Crippen LogP contribution >= 0.6 is 0 Å². The maximum Gasteiger partial charge on any atom is 0.415 e. The van der Waals surface area contributed by atoms with Crippen molar-refractivity contribution in [2.75, 3.05) is 37.5 Å². The number of nitrogens with one attached hydrogen (secondary N) is 3. The Morgan fingerprint density at radius 3 is 2.96 bits per heavy atom. The molecule has 0 radical (unpaired) electrons. The van der Waals surface area contributed by atoms with E-state index in [-0.39, 0.29) is 17.8 Å². The normalized spacial score (nSPS) is 18.1. The molecule has 1 atom stereocenters. The van der Waals surface area contributed by atoms with Gasteiger partial charge in [0.25, 0.3) is 5.91 Å². The molecule has 0 bridgehead atoms. The third-order valence-electron chi connectivity index (χ3n) is 4.66. The third kappa shape index (κ3) is 2.73. The Balaban J connectivity index is 1.73. The first-order valence-electron chi connectivity index (χ1n) is 8.45. The van der Waals surface area contributed by atoms with Crippen molar-refractivity contribution in [1.29, 1.82) is 0 Å². The van der Waals surface area contributed by atoms with Gasteiger partial charge in [-0.15, -0.1) is 0 Å². The van der Waals surface area contributed by atoms with Gasteiger partial charge in [0.05, 0.1) is 30.1 Å². The molecule has 4 rings (SSSR count). The van der Waals surface area contributed by atoms with Crippen LogP contribution in [0.15, 0.2) is 12.1 Å². The first kappa shape index (κ1) is 17.1. The average molecular weight is 375 g/mol. The van der Waals surface area contributed by atoms with Crippen molar-refractivity contribution in [3.05, 3.63) is 23.5 Å². The Hall–Kier alpha value is -3.30. The van der Waals surface area contributed by atoms with Gasteiger partial charge < -0.3 is 20.1 Å². The van der Waals surface area contributed by atoms with Crippen LogP contribution in [0, 0.1) is 5.82 Å². The Morgan fingerprint density at radius 2 is 2.22 bits per heavy atom. The van der Waals surface area contributed by atoms with Crippen LogP contribution in [0.25, 0.3) is 11.3 Å². The predicted molar refractivity (Wildman–Crippen MR) is 94.4 cm³/mol. The lowest BCUT2D eigenvalue weighted by atomic mass is 10.0. The van der Waals surface area contributed by atoms with Gasteiger partial charge in [-0.1, -0.05) is 0 Å². The number of aromatic nitrogens is 2. The first-order chi connectivity index (χ1) is 13.0. The van der Waals surface area contributed by atoms with Crippen LogP contribution in [-0.2, 0) is 16.0 Å². The first-order valence-corrected chi connectivity index (χ1v) is 8.45. The third-order valence-corrected chi connectivity index (χ3v) is 4.66. The van der Waals surface area contributed by atoms with Crippen LogP contribution in [0.1, 0.15) is 5.56 Å². The van der Waals surface area contributed by atoms with Crippen molar-refractivity contribution in [2.24, 2.45) is 0 Å². The monoisotopic (exact) mass is 375 g/mol. The summed E-state index contributed by atoms with van der Waals surface area (Å²) in [6, 6.07) is 2.80. The molecule has 1 fully saturated rings. The van der Waals surface area contributed by atoms with E-state index >= 15 is 4.39 Å². The van der Waals surface area contributed by atoms with E-state index in [2.05, 4.69) is 20.8 Å². The molecule has 3 N–H and O–H groups in total. The molecule has 2 aliphatic rings. The van der Waals surface area contributed by atoms with Gasteiger partial charge in [-0.25, -0.2) is 9.18 Å². The van der Waals surface area contributed by atoms with E-state index in [0.717, 1.165) is 5.56 Å². The van der Waals surface area contributed by atoms with E-state index in [9.17, 15) is 9.59 Å². The quantitative estimate of drug-likeness (QED) is 0.745. The van der Waals surface area contributed by atoms with Crippen molar-refractivity contribution >= 4 is 23.5 Å². The second-order valence-electron chi connectivity index (χ2n) is 6.17. The lowest BCUT2D eigenvalue weighted by Crippen LogP contribution is -2.35. The summed E-state index contributed by atoms with van der Waals surface area (Å²) < 4.78 is 25.8. The Labute approximate surface area is 153 Å². The van der Waals surface area contributed by atoms with Gasteiger partial charge in [0.1, 0.15) is 11.6 Å². The number of aromatic amines is 1. The molecule has 9 nitrogen and oxygen atoms in total. The van der Waals surface area contributed by atoms with Gasteiger partial charge in [0.15, 0.2) is 11.9 Å².